The minimum atomic E-state index is -0.717. The van der Waals surface area contributed by atoms with Crippen molar-refractivity contribution in [3.8, 4) is 0 Å². The third kappa shape index (κ3) is 0.958. The number of fused-ring (bicyclic) bond motifs is 1. The smallest absolute Gasteiger partial charge is 0.192 e. The Morgan fingerprint density at radius 3 is 2.83 bits per heavy atom. The topological polar surface area (TPSA) is 26.0 Å². The van der Waals surface area contributed by atoms with E-state index in [0.29, 0.717) is 5.89 Å². The predicted octanol–water partition coefficient (Wildman–Crippen LogP) is 2.41. The summed E-state index contributed by atoms with van der Waals surface area (Å²) in [6.45, 7) is 1.58. The molecule has 1 heterocycles. The van der Waals surface area contributed by atoms with Crippen LogP contribution in [0.1, 0.15) is 5.89 Å². The number of aryl methyl sites for hydroxylation is 1. The van der Waals surface area contributed by atoms with Crippen molar-refractivity contribution >= 4 is 11.1 Å². The van der Waals surface area contributed by atoms with Crippen LogP contribution in [-0.2, 0) is 0 Å². The van der Waals surface area contributed by atoms with E-state index in [1.54, 1.807) is 6.92 Å². The van der Waals surface area contributed by atoms with E-state index in [9.17, 15) is 8.78 Å². The summed E-state index contributed by atoms with van der Waals surface area (Å²) in [5.41, 5.74) is 0.221. The number of benzene rings is 1. The summed E-state index contributed by atoms with van der Waals surface area (Å²) < 4.78 is 30.4. The lowest BCUT2D eigenvalue weighted by atomic mass is 10.3. The van der Waals surface area contributed by atoms with Crippen LogP contribution < -0.4 is 0 Å². The van der Waals surface area contributed by atoms with E-state index in [2.05, 4.69) is 4.98 Å². The molecule has 12 heavy (non-hydrogen) atoms. The van der Waals surface area contributed by atoms with Gasteiger partial charge >= 0.3 is 0 Å². The number of halogens is 2. The molecule has 0 aliphatic rings. The summed E-state index contributed by atoms with van der Waals surface area (Å²) in [4.78, 5) is 3.79. The van der Waals surface area contributed by atoms with Crippen molar-refractivity contribution in [1.29, 1.82) is 0 Å². The lowest BCUT2D eigenvalue weighted by Gasteiger charge is -1.89. The summed E-state index contributed by atoms with van der Waals surface area (Å²) in [5.74, 6) is -1.03. The van der Waals surface area contributed by atoms with Gasteiger partial charge in [-0.1, -0.05) is 0 Å². The van der Waals surface area contributed by atoms with Gasteiger partial charge in [0.1, 0.15) is 11.3 Å². The number of hydrogen-bond acceptors (Lipinski definition) is 2. The molecule has 4 heteroatoms. The normalized spacial score (nSPS) is 10.9. The van der Waals surface area contributed by atoms with Gasteiger partial charge in [0, 0.05) is 19.1 Å². The van der Waals surface area contributed by atoms with Crippen LogP contribution in [0.4, 0.5) is 8.78 Å². The molecule has 0 N–H and O–H groups in total. The molecule has 1 aromatic carbocycles. The number of oxazole rings is 1. The van der Waals surface area contributed by atoms with E-state index < -0.39 is 11.6 Å². The second-order valence-corrected chi connectivity index (χ2v) is 2.47. The van der Waals surface area contributed by atoms with Gasteiger partial charge in [-0.05, 0) is 0 Å². The summed E-state index contributed by atoms with van der Waals surface area (Å²) in [5, 5.41) is 0. The van der Waals surface area contributed by atoms with Crippen LogP contribution in [0.5, 0.6) is 0 Å². The van der Waals surface area contributed by atoms with Gasteiger partial charge in [-0.25, -0.2) is 13.8 Å². The average molecular weight is 169 g/mol. The van der Waals surface area contributed by atoms with Crippen molar-refractivity contribution in [2.75, 3.05) is 0 Å². The Morgan fingerprint density at radius 1 is 1.33 bits per heavy atom. The molecule has 0 bridgehead atoms. The zero-order valence-corrected chi connectivity index (χ0v) is 6.27. The van der Waals surface area contributed by atoms with Crippen molar-refractivity contribution in [1.82, 2.24) is 4.98 Å². The first kappa shape index (κ1) is 7.21. The minimum Gasteiger partial charge on any atom is -0.438 e. The molecule has 0 saturated heterocycles. The molecule has 0 saturated carbocycles. The van der Waals surface area contributed by atoms with Crippen molar-refractivity contribution in [2.45, 2.75) is 6.92 Å². The molecule has 0 aliphatic heterocycles. The zero-order chi connectivity index (χ0) is 8.72. The molecule has 2 rings (SSSR count). The number of nitrogens with zero attached hydrogens (tertiary/aromatic N) is 1. The third-order valence-corrected chi connectivity index (χ3v) is 1.52. The quantitative estimate of drug-likeness (QED) is 0.605. The van der Waals surface area contributed by atoms with Gasteiger partial charge in [0.05, 0.1) is 0 Å². The summed E-state index contributed by atoms with van der Waals surface area (Å²) in [7, 11) is 0. The fourth-order valence-corrected chi connectivity index (χ4v) is 1.07. The van der Waals surface area contributed by atoms with Crippen LogP contribution in [0, 0.1) is 18.6 Å². The molecular weight excluding hydrogens is 164 g/mol. The van der Waals surface area contributed by atoms with Crippen molar-refractivity contribution in [3.63, 3.8) is 0 Å². The van der Waals surface area contributed by atoms with Gasteiger partial charge in [0.2, 0.25) is 0 Å². The molecule has 62 valence electrons. The van der Waals surface area contributed by atoms with Gasteiger partial charge in [0.25, 0.3) is 0 Å². The Morgan fingerprint density at radius 2 is 2.08 bits per heavy atom. The molecule has 0 unspecified atom stereocenters. The molecule has 1 aromatic heterocycles. The van der Waals surface area contributed by atoms with Crippen LogP contribution in [0.15, 0.2) is 16.5 Å². The molecule has 0 amide bonds. The van der Waals surface area contributed by atoms with Crippen LogP contribution in [0.2, 0.25) is 0 Å². The maximum atomic E-state index is 12.9. The Bertz CT molecular complexity index is 436. The summed E-state index contributed by atoms with van der Waals surface area (Å²) >= 11 is 0. The van der Waals surface area contributed by atoms with E-state index in [4.69, 9.17) is 4.42 Å². The standard InChI is InChI=1S/C8H5F2NO/c1-4-11-7-3-5(9)2-6(10)8(7)12-4/h2-3H,1H3. The van der Waals surface area contributed by atoms with Crippen molar-refractivity contribution in [3.05, 3.63) is 29.7 Å². The fraction of sp³-hybridized carbons (Fsp3) is 0.125. The molecule has 0 spiro atoms. The number of aromatic nitrogens is 1. The van der Waals surface area contributed by atoms with Crippen LogP contribution in [0.25, 0.3) is 11.1 Å². The number of rotatable bonds is 0. The van der Waals surface area contributed by atoms with Gasteiger partial charge < -0.3 is 4.42 Å². The molecule has 2 nitrogen and oxygen atoms in total. The Labute approximate surface area is 66.8 Å². The van der Waals surface area contributed by atoms with E-state index in [-0.39, 0.29) is 11.1 Å². The van der Waals surface area contributed by atoms with Crippen LogP contribution in [-0.4, -0.2) is 4.98 Å². The molecular formula is C8H5F2NO. The van der Waals surface area contributed by atoms with Gasteiger partial charge in [-0.15, -0.1) is 0 Å². The second kappa shape index (κ2) is 2.27. The predicted molar refractivity (Wildman–Crippen MR) is 38.7 cm³/mol. The van der Waals surface area contributed by atoms with Crippen molar-refractivity contribution in [2.24, 2.45) is 0 Å². The molecule has 0 atom stereocenters. The molecule has 0 aliphatic carbocycles. The van der Waals surface area contributed by atoms with E-state index in [0.717, 1.165) is 12.1 Å². The molecule has 2 aromatic rings. The Hall–Kier alpha value is -1.45. The average Bonchev–Trinajstić information content (AvgIpc) is 2.29. The third-order valence-electron chi connectivity index (χ3n) is 1.52. The SMILES string of the molecule is Cc1nc2cc(F)cc(F)c2o1. The highest BCUT2D eigenvalue weighted by molar-refractivity contribution is 5.73. The van der Waals surface area contributed by atoms with Gasteiger partial charge in [-0.3, -0.25) is 0 Å². The first-order valence-electron chi connectivity index (χ1n) is 3.39. The lowest BCUT2D eigenvalue weighted by Crippen LogP contribution is -1.79. The number of hydrogen-bond donors (Lipinski definition) is 0. The van der Waals surface area contributed by atoms with E-state index >= 15 is 0 Å². The first-order chi connectivity index (χ1) is 5.66. The maximum absolute atomic E-state index is 12.9. The van der Waals surface area contributed by atoms with Crippen LogP contribution >= 0.6 is 0 Å². The van der Waals surface area contributed by atoms with Gasteiger partial charge in [0.15, 0.2) is 17.3 Å². The fourth-order valence-electron chi connectivity index (χ4n) is 1.07. The Balaban J connectivity index is 2.88. The summed E-state index contributed by atoms with van der Waals surface area (Å²) in [6, 6.07) is 1.90. The van der Waals surface area contributed by atoms with Crippen molar-refractivity contribution < 1.29 is 13.2 Å². The maximum Gasteiger partial charge on any atom is 0.192 e. The molecule has 0 radical (unpaired) electrons. The highest BCUT2D eigenvalue weighted by atomic mass is 19.1. The second-order valence-electron chi connectivity index (χ2n) is 2.47. The first-order valence-corrected chi connectivity index (χ1v) is 3.39. The minimum absolute atomic E-state index is 0.00824. The summed E-state index contributed by atoms with van der Waals surface area (Å²) in [6.07, 6.45) is 0. The monoisotopic (exact) mass is 169 g/mol. The molecule has 0 fully saturated rings. The highest BCUT2D eigenvalue weighted by Crippen LogP contribution is 2.19. The zero-order valence-electron chi connectivity index (χ0n) is 6.27. The van der Waals surface area contributed by atoms with E-state index in [1.165, 1.54) is 0 Å². The highest BCUT2D eigenvalue weighted by Gasteiger charge is 2.09. The van der Waals surface area contributed by atoms with Gasteiger partial charge in [-0.2, -0.15) is 0 Å². The van der Waals surface area contributed by atoms with E-state index in [1.807, 2.05) is 0 Å². The Kier molecular flexibility index (Phi) is 1.36. The lowest BCUT2D eigenvalue weighted by molar-refractivity contribution is 0.522. The van der Waals surface area contributed by atoms with Crippen LogP contribution in [0.3, 0.4) is 0 Å². The largest absolute Gasteiger partial charge is 0.438 e.